The van der Waals surface area contributed by atoms with Crippen LogP contribution in [0.4, 0.5) is 11.4 Å². The molecule has 0 atom stereocenters. The van der Waals surface area contributed by atoms with Crippen LogP contribution in [0.25, 0.3) is 22.2 Å². The average molecular weight is 796 g/mol. The van der Waals surface area contributed by atoms with Gasteiger partial charge in [-0.25, -0.2) is 8.42 Å². The second-order valence-corrected chi connectivity index (χ2v) is 17.0. The van der Waals surface area contributed by atoms with E-state index in [4.69, 9.17) is 4.74 Å². The number of hydrogen-bond donors (Lipinski definition) is 1. The summed E-state index contributed by atoms with van der Waals surface area (Å²) >= 11 is 0. The fourth-order valence-electron chi connectivity index (χ4n) is 8.13. The molecule has 57 heavy (non-hydrogen) atoms. The summed E-state index contributed by atoms with van der Waals surface area (Å²) in [4.78, 5) is 40.2. The number of allylic oxidation sites excluding steroid dienone is 1. The van der Waals surface area contributed by atoms with E-state index in [1.807, 2.05) is 47.4 Å². The van der Waals surface area contributed by atoms with Crippen LogP contribution in [-0.4, -0.2) is 72.9 Å². The van der Waals surface area contributed by atoms with E-state index >= 15 is 0 Å². The molecule has 0 radical (unpaired) electrons. The molecule has 0 spiro atoms. The highest BCUT2D eigenvalue weighted by Gasteiger charge is 2.29. The molecule has 1 saturated carbocycles. The number of hydrogen-bond acceptors (Lipinski definition) is 8. The van der Waals surface area contributed by atoms with Gasteiger partial charge < -0.3 is 19.5 Å². The number of rotatable bonds is 18. The van der Waals surface area contributed by atoms with E-state index in [0.717, 1.165) is 66.4 Å². The molecule has 1 amide bonds. The maximum absolute atomic E-state index is 13.5. The fourth-order valence-corrected chi connectivity index (χ4v) is 8.96. The molecule has 0 unspecified atom stereocenters. The lowest BCUT2D eigenvalue weighted by atomic mass is 9.81. The van der Waals surface area contributed by atoms with Crippen LogP contribution in [0.1, 0.15) is 85.2 Å². The lowest BCUT2D eigenvalue weighted by Crippen LogP contribution is -2.48. The van der Waals surface area contributed by atoms with Crippen LogP contribution in [0.3, 0.4) is 0 Å². The Morgan fingerprint density at radius 2 is 1.67 bits per heavy atom. The lowest BCUT2D eigenvalue weighted by molar-refractivity contribution is -0.384. The quantitative estimate of drug-likeness (QED) is 0.0350. The number of nitrogens with zero attached hydrogens (tertiary/aromatic N) is 4. The minimum Gasteiger partial charge on any atom is -0.489 e. The smallest absolute Gasteiger partial charge is 0.269 e. The molecular weight excluding hydrogens is 743 g/mol. The van der Waals surface area contributed by atoms with Gasteiger partial charge in [0.2, 0.25) is 15.9 Å². The first-order chi connectivity index (χ1) is 27.5. The number of Topliss-reactive ketones (excluding diaryl/α,β-unsaturated/α-hetero) is 1. The molecule has 1 aromatic heterocycles. The van der Waals surface area contributed by atoms with Gasteiger partial charge >= 0.3 is 0 Å². The number of ketones is 1. The summed E-state index contributed by atoms with van der Waals surface area (Å²) in [6.07, 6.45) is 12.9. The van der Waals surface area contributed by atoms with Crippen molar-refractivity contribution in [3.05, 3.63) is 113 Å². The maximum Gasteiger partial charge on any atom is 0.269 e. The molecule has 2 heterocycles. The Morgan fingerprint density at radius 1 is 0.947 bits per heavy atom. The molecule has 0 bridgehead atoms. The number of aromatic nitrogens is 1. The van der Waals surface area contributed by atoms with Gasteiger partial charge in [0.1, 0.15) is 18.9 Å². The summed E-state index contributed by atoms with van der Waals surface area (Å²) in [7, 11) is -3.32. The van der Waals surface area contributed by atoms with Gasteiger partial charge in [0.05, 0.1) is 16.9 Å². The molecule has 13 heteroatoms. The second-order valence-electron chi connectivity index (χ2n) is 15.0. The van der Waals surface area contributed by atoms with Crippen molar-refractivity contribution in [2.75, 3.05) is 43.9 Å². The number of ether oxygens (including phenoxy) is 1. The van der Waals surface area contributed by atoms with Crippen LogP contribution in [0.2, 0.25) is 0 Å². The number of piperazine rings is 1. The fraction of sp³-hybridized carbons (Fsp3) is 0.409. The number of benzene rings is 3. The summed E-state index contributed by atoms with van der Waals surface area (Å²) in [5.41, 5.74) is 5.87. The number of fused-ring (bicyclic) bond motifs is 1. The Labute approximate surface area is 335 Å². The minimum absolute atomic E-state index is 0.0549. The molecule has 1 saturated heterocycles. The van der Waals surface area contributed by atoms with E-state index in [1.165, 1.54) is 34.7 Å². The number of nitrogens with one attached hydrogen (secondary N) is 1. The molecule has 2 fully saturated rings. The Balaban J connectivity index is 1.34. The standard InChI is InChI=1S/C44H53N5O7S/c1-4-6-9-14-41(50)34-17-21-38-40(29-34)48(30-42(51)45-23-7-5-2)44(43(38)32-12-10-8-11-13-32)33-15-19-37(20-16-33)56-31-35-28-36(49(52)53)18-22-39(35)46-24-26-47(27-25-46)57(3,54)55/h4-5,15-22,28-29,32H,1-2,6-14,23-27,30-31H2,3H3,(H,45,51). The SMILES string of the molecule is C=CCCCC(=O)c1ccc2c(C3CCCCC3)c(-c3ccc(OCc4cc([N+](=O)[O-])ccc4N4CCN(S(C)(=O)=O)CC4)cc3)n(CC(=O)NCCC=C)c2c1. The average Bonchev–Trinajstić information content (AvgIpc) is 3.53. The normalized spacial score (nSPS) is 15.4. The van der Waals surface area contributed by atoms with E-state index in [2.05, 4.69) is 29.1 Å². The summed E-state index contributed by atoms with van der Waals surface area (Å²) in [5, 5.41) is 15.8. The highest BCUT2D eigenvalue weighted by atomic mass is 32.2. The summed E-state index contributed by atoms with van der Waals surface area (Å²) in [6.45, 7) is 9.71. The van der Waals surface area contributed by atoms with Crippen molar-refractivity contribution in [2.45, 2.75) is 76.9 Å². The summed E-state index contributed by atoms with van der Waals surface area (Å²) in [5.74, 6) is 0.790. The topological polar surface area (TPSA) is 144 Å². The number of nitro groups is 1. The van der Waals surface area contributed by atoms with Crippen LogP contribution in [0.5, 0.6) is 5.75 Å². The van der Waals surface area contributed by atoms with Gasteiger partial charge in [-0.05, 0) is 85.5 Å². The first kappa shape index (κ1) is 41.4. The van der Waals surface area contributed by atoms with Gasteiger partial charge in [-0.2, -0.15) is 4.31 Å². The molecular formula is C44H53N5O7S. The van der Waals surface area contributed by atoms with Gasteiger partial charge in [0.15, 0.2) is 5.78 Å². The molecule has 6 rings (SSSR count). The predicted molar refractivity (Wildman–Crippen MR) is 225 cm³/mol. The van der Waals surface area contributed by atoms with E-state index in [1.54, 1.807) is 12.1 Å². The Bertz CT molecular complexity index is 2220. The number of anilines is 1. The van der Waals surface area contributed by atoms with Gasteiger partial charge in [0, 0.05) is 79.0 Å². The number of non-ortho nitro benzene ring substituents is 1. The molecule has 4 aromatic rings. The highest BCUT2D eigenvalue weighted by molar-refractivity contribution is 7.88. The van der Waals surface area contributed by atoms with E-state index < -0.39 is 14.9 Å². The molecule has 12 nitrogen and oxygen atoms in total. The van der Waals surface area contributed by atoms with Crippen LogP contribution < -0.4 is 15.0 Å². The minimum atomic E-state index is -3.32. The molecule has 2 aliphatic rings. The number of amides is 1. The third-order valence-corrected chi connectivity index (χ3v) is 12.4. The Hall–Kier alpha value is -5.27. The second kappa shape index (κ2) is 18.8. The number of carbonyl (C=O) groups excluding carboxylic acids is 2. The van der Waals surface area contributed by atoms with Crippen LogP contribution >= 0.6 is 0 Å². The van der Waals surface area contributed by atoms with Gasteiger partial charge in [-0.3, -0.25) is 19.7 Å². The van der Waals surface area contributed by atoms with Crippen LogP contribution in [0, 0.1) is 10.1 Å². The third-order valence-electron chi connectivity index (χ3n) is 11.1. The molecule has 3 aromatic carbocycles. The Morgan fingerprint density at radius 3 is 2.33 bits per heavy atom. The zero-order valence-electron chi connectivity index (χ0n) is 32.8. The van der Waals surface area contributed by atoms with Crippen LogP contribution in [0.15, 0.2) is 86.0 Å². The molecule has 302 valence electrons. The van der Waals surface area contributed by atoms with E-state index in [-0.39, 0.29) is 36.4 Å². The lowest BCUT2D eigenvalue weighted by Gasteiger charge is -2.35. The van der Waals surface area contributed by atoms with Crippen molar-refractivity contribution >= 4 is 44.0 Å². The van der Waals surface area contributed by atoms with Crippen molar-refractivity contribution in [3.8, 4) is 17.0 Å². The first-order valence-electron chi connectivity index (χ1n) is 19.9. The van der Waals surface area contributed by atoms with Crippen LogP contribution in [-0.2, 0) is 28.0 Å². The van der Waals surface area contributed by atoms with Gasteiger partial charge in [0.25, 0.3) is 5.69 Å². The highest BCUT2D eigenvalue weighted by Crippen LogP contribution is 2.45. The summed E-state index contributed by atoms with van der Waals surface area (Å²) in [6, 6.07) is 18.3. The van der Waals surface area contributed by atoms with Crippen molar-refractivity contribution in [2.24, 2.45) is 0 Å². The van der Waals surface area contributed by atoms with E-state index in [9.17, 15) is 28.1 Å². The van der Waals surface area contributed by atoms with Gasteiger partial charge in [-0.1, -0.05) is 43.5 Å². The molecule has 1 N–H and O–H groups in total. The van der Waals surface area contributed by atoms with E-state index in [0.29, 0.717) is 62.4 Å². The monoisotopic (exact) mass is 795 g/mol. The Kier molecular flexibility index (Phi) is 13.6. The molecule has 1 aliphatic heterocycles. The van der Waals surface area contributed by atoms with Crippen molar-refractivity contribution in [1.82, 2.24) is 14.2 Å². The largest absolute Gasteiger partial charge is 0.489 e. The zero-order valence-corrected chi connectivity index (χ0v) is 33.6. The number of carbonyl (C=O) groups is 2. The maximum atomic E-state index is 13.5. The number of unbranched alkanes of at least 4 members (excludes halogenated alkanes) is 1. The van der Waals surface area contributed by atoms with Crippen molar-refractivity contribution in [1.29, 1.82) is 0 Å². The molecule has 1 aliphatic carbocycles. The van der Waals surface area contributed by atoms with Crippen molar-refractivity contribution < 1.29 is 27.7 Å². The predicted octanol–water partition coefficient (Wildman–Crippen LogP) is 8.16. The van der Waals surface area contributed by atoms with Crippen molar-refractivity contribution in [3.63, 3.8) is 0 Å². The zero-order chi connectivity index (χ0) is 40.5. The number of nitro benzene ring substituents is 1. The third kappa shape index (κ3) is 10.0. The first-order valence-corrected chi connectivity index (χ1v) is 21.7. The van der Waals surface area contributed by atoms with Gasteiger partial charge in [-0.15, -0.1) is 13.2 Å². The number of sulfonamides is 1. The summed E-state index contributed by atoms with van der Waals surface area (Å²) < 4.78 is 34.0.